The number of aryl methyl sites for hydroxylation is 1. The maximum Gasteiger partial charge on any atom is 0.272 e. The van der Waals surface area contributed by atoms with Crippen LogP contribution in [-0.4, -0.2) is 34.2 Å². The highest BCUT2D eigenvalue weighted by atomic mass is 32.1. The number of thiazole rings is 1. The van der Waals surface area contributed by atoms with E-state index in [0.717, 1.165) is 46.8 Å². The standard InChI is InChI=1S/C15H20N2O.C10H15N3OS/c1-3-4-5-8-11(2)14-12-9-6-7-10-13(12)15(18)17-16-14;1-7-8(9(11)14)15-10(12-7)13-5-3-2-4-6-13/h6-7,9-11H,3-5,8H2,1-2H3,(H,17,18);2-6H2,1H3,(H2,11,14)/t11-;/m0./s1. The molecule has 178 valence electrons. The van der Waals surface area contributed by atoms with Crippen LogP contribution in [0.1, 0.15) is 85.8 Å². The molecule has 0 radical (unpaired) electrons. The first kappa shape index (κ1) is 24.9. The van der Waals surface area contributed by atoms with E-state index in [4.69, 9.17) is 5.73 Å². The first-order valence-corrected chi connectivity index (χ1v) is 12.7. The highest BCUT2D eigenvalue weighted by Crippen LogP contribution is 2.28. The van der Waals surface area contributed by atoms with Gasteiger partial charge < -0.3 is 10.6 Å². The Morgan fingerprint density at radius 1 is 1.18 bits per heavy atom. The maximum absolute atomic E-state index is 11.7. The van der Waals surface area contributed by atoms with E-state index in [1.54, 1.807) is 0 Å². The Hall–Kier alpha value is -2.74. The van der Waals surface area contributed by atoms with Crippen molar-refractivity contribution >= 4 is 33.1 Å². The summed E-state index contributed by atoms with van der Waals surface area (Å²) in [5.74, 6) is 0.0200. The van der Waals surface area contributed by atoms with Crippen LogP contribution in [0.25, 0.3) is 10.8 Å². The number of aromatic amines is 1. The number of aromatic nitrogens is 3. The molecule has 0 spiro atoms. The molecular formula is C25H35N5O2S. The molecular weight excluding hydrogens is 434 g/mol. The Morgan fingerprint density at radius 3 is 2.52 bits per heavy atom. The van der Waals surface area contributed by atoms with Gasteiger partial charge in [-0.15, -0.1) is 0 Å². The summed E-state index contributed by atoms with van der Waals surface area (Å²) in [6, 6.07) is 7.70. The highest BCUT2D eigenvalue weighted by molar-refractivity contribution is 7.17. The van der Waals surface area contributed by atoms with E-state index in [2.05, 4.69) is 33.9 Å². The fraction of sp³-hybridized carbons (Fsp3) is 0.520. The number of nitrogens with one attached hydrogen (secondary N) is 1. The fourth-order valence-corrected chi connectivity index (χ4v) is 5.15. The Balaban J connectivity index is 0.000000189. The first-order chi connectivity index (χ1) is 15.9. The van der Waals surface area contributed by atoms with Crippen LogP contribution in [0.3, 0.4) is 0 Å². The molecule has 0 saturated carbocycles. The Bertz CT molecular complexity index is 1120. The molecule has 2 aromatic heterocycles. The largest absolute Gasteiger partial charge is 0.365 e. The third kappa shape index (κ3) is 6.41. The second-order valence-corrected chi connectivity index (χ2v) is 9.68. The summed E-state index contributed by atoms with van der Waals surface area (Å²) in [4.78, 5) is 30.0. The number of benzene rings is 1. The van der Waals surface area contributed by atoms with Crippen LogP contribution in [-0.2, 0) is 0 Å². The Labute approximate surface area is 199 Å². The van der Waals surface area contributed by atoms with Crippen molar-refractivity contribution in [2.45, 2.75) is 71.6 Å². The summed E-state index contributed by atoms with van der Waals surface area (Å²) in [6.45, 7) is 8.32. The lowest BCUT2D eigenvalue weighted by Crippen LogP contribution is -2.29. The number of amides is 1. The molecule has 3 aromatic rings. The predicted molar refractivity (Wildman–Crippen MR) is 136 cm³/mol. The summed E-state index contributed by atoms with van der Waals surface area (Å²) in [5.41, 5.74) is 6.94. The Kier molecular flexibility index (Phi) is 9.00. The fourth-order valence-electron chi connectivity index (χ4n) is 4.18. The number of nitrogens with two attached hydrogens (primary N) is 1. The van der Waals surface area contributed by atoms with Gasteiger partial charge in [0.15, 0.2) is 5.13 Å². The number of carbonyl (C=O) groups excluding carboxylic acids is 1. The van der Waals surface area contributed by atoms with E-state index < -0.39 is 0 Å². The topological polar surface area (TPSA) is 105 Å². The van der Waals surface area contributed by atoms with Crippen molar-refractivity contribution in [2.24, 2.45) is 5.73 Å². The molecule has 1 aliphatic rings. The molecule has 1 saturated heterocycles. The van der Waals surface area contributed by atoms with Crippen molar-refractivity contribution in [1.82, 2.24) is 15.2 Å². The summed E-state index contributed by atoms with van der Waals surface area (Å²) < 4.78 is 0. The third-order valence-corrected chi connectivity index (χ3v) is 7.30. The molecule has 8 heteroatoms. The molecule has 7 nitrogen and oxygen atoms in total. The molecule has 1 atom stereocenters. The lowest BCUT2D eigenvalue weighted by atomic mass is 9.96. The van der Waals surface area contributed by atoms with Crippen LogP contribution in [0.15, 0.2) is 29.1 Å². The van der Waals surface area contributed by atoms with Gasteiger partial charge in [0.1, 0.15) is 4.88 Å². The number of unbranched alkanes of at least 4 members (excludes halogenated alkanes) is 2. The van der Waals surface area contributed by atoms with Crippen LogP contribution in [0.2, 0.25) is 0 Å². The van der Waals surface area contributed by atoms with Gasteiger partial charge in [-0.25, -0.2) is 10.1 Å². The van der Waals surface area contributed by atoms with Gasteiger partial charge in [0, 0.05) is 24.4 Å². The number of nitrogens with zero attached hydrogens (tertiary/aromatic N) is 3. The van der Waals surface area contributed by atoms with Crippen molar-refractivity contribution in [3.63, 3.8) is 0 Å². The smallest absolute Gasteiger partial charge is 0.272 e. The third-order valence-electron chi connectivity index (χ3n) is 6.07. The lowest BCUT2D eigenvalue weighted by molar-refractivity contribution is 0.100. The van der Waals surface area contributed by atoms with Gasteiger partial charge in [-0.2, -0.15) is 5.10 Å². The average molecular weight is 470 g/mol. The number of rotatable bonds is 7. The van der Waals surface area contributed by atoms with Crippen molar-refractivity contribution in [3.8, 4) is 0 Å². The van der Waals surface area contributed by atoms with Crippen molar-refractivity contribution < 1.29 is 4.79 Å². The number of H-pyrrole nitrogens is 1. The van der Waals surface area contributed by atoms with Gasteiger partial charge in [-0.3, -0.25) is 9.59 Å². The zero-order chi connectivity index (χ0) is 23.8. The second kappa shape index (κ2) is 11.9. The van der Waals surface area contributed by atoms with Gasteiger partial charge in [0.2, 0.25) is 0 Å². The number of hydrogen-bond acceptors (Lipinski definition) is 6. The van der Waals surface area contributed by atoms with E-state index >= 15 is 0 Å². The minimum atomic E-state index is -0.367. The van der Waals surface area contributed by atoms with Gasteiger partial charge >= 0.3 is 0 Å². The highest BCUT2D eigenvalue weighted by Gasteiger charge is 2.18. The number of piperidine rings is 1. The quantitative estimate of drug-likeness (QED) is 0.466. The van der Waals surface area contributed by atoms with E-state index in [1.807, 2.05) is 31.2 Å². The van der Waals surface area contributed by atoms with Crippen LogP contribution < -0.4 is 16.2 Å². The number of anilines is 1. The molecule has 3 N–H and O–H groups in total. The molecule has 33 heavy (non-hydrogen) atoms. The number of hydrogen-bond donors (Lipinski definition) is 2. The van der Waals surface area contributed by atoms with Crippen LogP contribution in [0, 0.1) is 6.92 Å². The zero-order valence-corrected chi connectivity index (χ0v) is 20.7. The number of fused-ring (bicyclic) bond motifs is 1. The molecule has 1 aromatic carbocycles. The van der Waals surface area contributed by atoms with Crippen molar-refractivity contribution in [1.29, 1.82) is 0 Å². The second-order valence-electron chi connectivity index (χ2n) is 8.70. The minimum Gasteiger partial charge on any atom is -0.365 e. The molecule has 1 fully saturated rings. The number of carbonyl (C=O) groups is 1. The van der Waals surface area contributed by atoms with Crippen molar-refractivity contribution in [2.75, 3.05) is 18.0 Å². The zero-order valence-electron chi connectivity index (χ0n) is 19.9. The van der Waals surface area contributed by atoms with Crippen LogP contribution in [0.5, 0.6) is 0 Å². The maximum atomic E-state index is 11.7. The summed E-state index contributed by atoms with van der Waals surface area (Å²) >= 11 is 1.41. The minimum absolute atomic E-state index is 0.102. The number of primary amides is 1. The van der Waals surface area contributed by atoms with Gasteiger partial charge in [0.25, 0.3) is 11.5 Å². The van der Waals surface area contributed by atoms with E-state index in [-0.39, 0.29) is 11.5 Å². The van der Waals surface area contributed by atoms with Crippen molar-refractivity contribution in [3.05, 3.63) is 50.9 Å². The summed E-state index contributed by atoms with van der Waals surface area (Å²) in [6.07, 6.45) is 8.54. The monoisotopic (exact) mass is 469 g/mol. The molecule has 3 heterocycles. The van der Waals surface area contributed by atoms with Crippen LogP contribution >= 0.6 is 11.3 Å². The first-order valence-electron chi connectivity index (χ1n) is 11.9. The summed E-state index contributed by atoms with van der Waals surface area (Å²) in [5, 5.41) is 9.53. The van der Waals surface area contributed by atoms with E-state index in [1.165, 1.54) is 49.9 Å². The molecule has 0 bridgehead atoms. The summed E-state index contributed by atoms with van der Waals surface area (Å²) in [7, 11) is 0. The van der Waals surface area contributed by atoms with Gasteiger partial charge in [-0.1, -0.05) is 62.6 Å². The Morgan fingerprint density at radius 2 is 1.88 bits per heavy atom. The normalized spacial score (nSPS) is 14.6. The predicted octanol–water partition coefficient (Wildman–Crippen LogP) is 5.15. The molecule has 0 aliphatic carbocycles. The molecule has 4 rings (SSSR count). The van der Waals surface area contributed by atoms with E-state index in [0.29, 0.717) is 10.8 Å². The van der Waals surface area contributed by atoms with E-state index in [9.17, 15) is 9.59 Å². The van der Waals surface area contributed by atoms with Crippen LogP contribution in [0.4, 0.5) is 5.13 Å². The average Bonchev–Trinajstić information content (AvgIpc) is 3.23. The van der Waals surface area contributed by atoms with Gasteiger partial charge in [0.05, 0.1) is 16.8 Å². The van der Waals surface area contributed by atoms with Gasteiger partial charge in [-0.05, 0) is 38.7 Å². The SMILES string of the molecule is CCCCC[C@H](C)c1n[nH]c(=O)c2ccccc12.Cc1nc(N2CCCCC2)sc1C(N)=O. The lowest BCUT2D eigenvalue weighted by Gasteiger charge is -2.25. The molecule has 1 aliphatic heterocycles. The molecule has 1 amide bonds. The molecule has 0 unspecified atom stereocenters.